The number of nitrogens with two attached hydrogens (primary N) is 1. The van der Waals surface area contributed by atoms with Crippen LogP contribution in [0.1, 0.15) is 37.8 Å². The number of rotatable bonds is 7. The predicted octanol–water partition coefficient (Wildman–Crippen LogP) is 2.98. The third-order valence-electron chi connectivity index (χ3n) is 3.61. The fraction of sp³-hybridized carbons (Fsp3) is 0.438. The molecule has 2 aromatic rings. The Kier molecular flexibility index (Phi) is 5.32. The number of likely N-dealkylation sites (N-methyl/N-ethyl adjacent to an activating group) is 1. The van der Waals surface area contributed by atoms with E-state index in [-0.39, 0.29) is 12.1 Å². The van der Waals surface area contributed by atoms with Crippen molar-refractivity contribution in [2.45, 2.75) is 38.9 Å². The molecule has 0 saturated carbocycles. The average molecular weight is 273 g/mol. The monoisotopic (exact) mass is 273 g/mol. The van der Waals surface area contributed by atoms with Gasteiger partial charge in [0, 0.05) is 12.2 Å². The third kappa shape index (κ3) is 3.46. The van der Waals surface area contributed by atoms with Crippen LogP contribution in [-0.4, -0.2) is 22.5 Å². The van der Waals surface area contributed by atoms with Gasteiger partial charge >= 0.3 is 0 Å². The molecule has 0 aliphatic heterocycles. The molecule has 0 saturated heterocycles. The van der Waals surface area contributed by atoms with Crippen LogP contribution in [0.3, 0.4) is 0 Å². The molecule has 2 aromatic heterocycles. The first-order valence-corrected chi connectivity index (χ1v) is 7.19. The molecule has 4 heteroatoms. The van der Waals surface area contributed by atoms with Gasteiger partial charge < -0.3 is 10.2 Å². The molecule has 2 rings (SSSR count). The Morgan fingerprint density at radius 3 is 2.65 bits per heavy atom. The zero-order chi connectivity index (χ0) is 14.4. The van der Waals surface area contributed by atoms with Gasteiger partial charge in [0.2, 0.25) is 0 Å². The second-order valence-corrected chi connectivity index (χ2v) is 4.91. The largest absolute Gasteiger partial charge is 0.468 e. The summed E-state index contributed by atoms with van der Waals surface area (Å²) in [7, 11) is 0. The van der Waals surface area contributed by atoms with E-state index in [9.17, 15) is 0 Å². The van der Waals surface area contributed by atoms with Crippen LogP contribution in [0, 0.1) is 0 Å². The van der Waals surface area contributed by atoms with Gasteiger partial charge in [-0.15, -0.1) is 0 Å². The molecule has 4 nitrogen and oxygen atoms in total. The first kappa shape index (κ1) is 14.8. The second-order valence-electron chi connectivity index (χ2n) is 4.91. The minimum atomic E-state index is 0.0554. The Hall–Kier alpha value is -1.65. The van der Waals surface area contributed by atoms with Gasteiger partial charge in [-0.1, -0.05) is 19.9 Å². The van der Waals surface area contributed by atoms with E-state index in [0.717, 1.165) is 31.0 Å². The molecular formula is C16H23N3O. The van der Waals surface area contributed by atoms with Crippen LogP contribution in [-0.2, 0) is 6.54 Å². The molecule has 0 amide bonds. The van der Waals surface area contributed by atoms with Gasteiger partial charge in [0.15, 0.2) is 0 Å². The van der Waals surface area contributed by atoms with Gasteiger partial charge in [0.1, 0.15) is 5.76 Å². The lowest BCUT2D eigenvalue weighted by Crippen LogP contribution is -2.40. The maximum absolute atomic E-state index is 6.34. The first-order chi connectivity index (χ1) is 9.76. The van der Waals surface area contributed by atoms with Crippen LogP contribution < -0.4 is 5.73 Å². The summed E-state index contributed by atoms with van der Waals surface area (Å²) in [6, 6.07) is 10.1. The highest BCUT2D eigenvalue weighted by atomic mass is 16.3. The first-order valence-electron chi connectivity index (χ1n) is 7.19. The van der Waals surface area contributed by atoms with Gasteiger partial charge in [-0.25, -0.2) is 0 Å². The minimum Gasteiger partial charge on any atom is -0.468 e. The van der Waals surface area contributed by atoms with E-state index in [2.05, 4.69) is 23.7 Å². The van der Waals surface area contributed by atoms with E-state index in [1.54, 1.807) is 6.26 Å². The smallest absolute Gasteiger partial charge is 0.117 e. The number of pyridine rings is 1. The Morgan fingerprint density at radius 1 is 1.25 bits per heavy atom. The van der Waals surface area contributed by atoms with E-state index in [0.29, 0.717) is 0 Å². The fourth-order valence-electron chi connectivity index (χ4n) is 2.46. The summed E-state index contributed by atoms with van der Waals surface area (Å²) in [5.41, 5.74) is 7.37. The summed E-state index contributed by atoms with van der Waals surface area (Å²) in [6.45, 7) is 5.90. The van der Waals surface area contributed by atoms with Crippen molar-refractivity contribution in [1.29, 1.82) is 0 Å². The SMILES string of the molecule is CCC(N)C(c1ccccn1)N(CC)Cc1ccco1. The van der Waals surface area contributed by atoms with Crippen LogP contribution >= 0.6 is 0 Å². The zero-order valence-corrected chi connectivity index (χ0v) is 12.2. The predicted molar refractivity (Wildman–Crippen MR) is 80.0 cm³/mol. The summed E-state index contributed by atoms with van der Waals surface area (Å²) >= 11 is 0. The highest BCUT2D eigenvalue weighted by molar-refractivity contribution is 5.12. The molecular weight excluding hydrogens is 250 g/mol. The normalized spacial score (nSPS) is 14.4. The molecule has 2 unspecified atom stereocenters. The maximum Gasteiger partial charge on any atom is 0.117 e. The van der Waals surface area contributed by atoms with Crippen LogP contribution in [0.4, 0.5) is 0 Å². The van der Waals surface area contributed by atoms with Crippen LogP contribution in [0.25, 0.3) is 0 Å². The van der Waals surface area contributed by atoms with Crippen molar-refractivity contribution >= 4 is 0 Å². The van der Waals surface area contributed by atoms with Gasteiger partial charge in [-0.3, -0.25) is 9.88 Å². The van der Waals surface area contributed by atoms with E-state index in [1.807, 2.05) is 36.5 Å². The van der Waals surface area contributed by atoms with Crippen molar-refractivity contribution < 1.29 is 4.42 Å². The Bertz CT molecular complexity index is 484. The molecule has 108 valence electrons. The van der Waals surface area contributed by atoms with Crippen molar-refractivity contribution in [3.63, 3.8) is 0 Å². The lowest BCUT2D eigenvalue weighted by Gasteiger charge is -2.33. The Balaban J connectivity index is 2.24. The maximum atomic E-state index is 6.34. The third-order valence-corrected chi connectivity index (χ3v) is 3.61. The summed E-state index contributed by atoms with van der Waals surface area (Å²) in [5.74, 6) is 0.955. The molecule has 0 spiro atoms. The highest BCUT2D eigenvalue weighted by Crippen LogP contribution is 2.25. The van der Waals surface area contributed by atoms with Crippen molar-refractivity contribution in [1.82, 2.24) is 9.88 Å². The van der Waals surface area contributed by atoms with E-state index in [1.165, 1.54) is 0 Å². The van der Waals surface area contributed by atoms with Crippen molar-refractivity contribution in [2.75, 3.05) is 6.54 Å². The molecule has 2 N–H and O–H groups in total. The molecule has 0 bridgehead atoms. The molecule has 2 atom stereocenters. The minimum absolute atomic E-state index is 0.0554. The van der Waals surface area contributed by atoms with E-state index in [4.69, 9.17) is 10.2 Å². The van der Waals surface area contributed by atoms with Crippen molar-refractivity contribution in [2.24, 2.45) is 5.73 Å². The number of hydrogen-bond donors (Lipinski definition) is 1. The lowest BCUT2D eigenvalue weighted by molar-refractivity contribution is 0.154. The van der Waals surface area contributed by atoms with Crippen molar-refractivity contribution in [3.05, 3.63) is 54.2 Å². The van der Waals surface area contributed by atoms with Gasteiger partial charge in [-0.05, 0) is 37.2 Å². The number of aromatic nitrogens is 1. The topological polar surface area (TPSA) is 55.3 Å². The van der Waals surface area contributed by atoms with Crippen LogP contribution in [0.2, 0.25) is 0 Å². The van der Waals surface area contributed by atoms with Crippen LogP contribution in [0.5, 0.6) is 0 Å². The number of hydrogen-bond acceptors (Lipinski definition) is 4. The quantitative estimate of drug-likeness (QED) is 0.842. The standard InChI is InChI=1S/C16H23N3O/c1-3-14(17)16(15-9-5-6-10-18-15)19(4-2)12-13-8-7-11-20-13/h5-11,14,16H,3-4,12,17H2,1-2H3. The summed E-state index contributed by atoms with van der Waals surface area (Å²) in [4.78, 5) is 6.81. The van der Waals surface area contributed by atoms with E-state index >= 15 is 0 Å². The summed E-state index contributed by atoms with van der Waals surface area (Å²) < 4.78 is 5.46. The van der Waals surface area contributed by atoms with Gasteiger partial charge in [-0.2, -0.15) is 0 Å². The summed E-state index contributed by atoms with van der Waals surface area (Å²) in [6.07, 6.45) is 4.44. The summed E-state index contributed by atoms with van der Waals surface area (Å²) in [5, 5.41) is 0. The molecule has 0 fully saturated rings. The molecule has 0 aliphatic rings. The Morgan fingerprint density at radius 2 is 2.10 bits per heavy atom. The lowest BCUT2D eigenvalue weighted by atomic mass is 10.0. The molecule has 20 heavy (non-hydrogen) atoms. The molecule has 0 aliphatic carbocycles. The van der Waals surface area contributed by atoms with Gasteiger partial charge in [0.25, 0.3) is 0 Å². The zero-order valence-electron chi connectivity index (χ0n) is 12.2. The Labute approximate surface area is 120 Å². The van der Waals surface area contributed by atoms with Crippen LogP contribution in [0.15, 0.2) is 47.2 Å². The molecule has 2 heterocycles. The number of nitrogens with zero attached hydrogens (tertiary/aromatic N) is 2. The number of furan rings is 1. The highest BCUT2D eigenvalue weighted by Gasteiger charge is 2.26. The molecule has 0 aromatic carbocycles. The molecule has 0 radical (unpaired) electrons. The van der Waals surface area contributed by atoms with E-state index < -0.39 is 0 Å². The average Bonchev–Trinajstić information content (AvgIpc) is 3.00. The fourth-order valence-corrected chi connectivity index (χ4v) is 2.46. The second kappa shape index (κ2) is 7.22. The van der Waals surface area contributed by atoms with Crippen molar-refractivity contribution in [3.8, 4) is 0 Å². The van der Waals surface area contributed by atoms with Gasteiger partial charge in [0.05, 0.1) is 24.5 Å².